The third kappa shape index (κ3) is 3.53. The van der Waals surface area contributed by atoms with Gasteiger partial charge in [0.25, 0.3) is 0 Å². The molecular formula is C17H13Cl2NO6S. The van der Waals surface area contributed by atoms with Gasteiger partial charge in [-0.1, -0.05) is 23.2 Å². The number of carboxylic acid groups (broad SMARTS) is 1. The molecule has 1 heterocycles. The molecule has 0 amide bonds. The first-order chi connectivity index (χ1) is 12.5. The average Bonchev–Trinajstić information content (AvgIpc) is 3.01. The molecule has 0 spiro atoms. The summed E-state index contributed by atoms with van der Waals surface area (Å²) in [7, 11) is -4.11. The van der Waals surface area contributed by atoms with Crippen LogP contribution in [-0.2, 0) is 21.2 Å². The van der Waals surface area contributed by atoms with Crippen molar-refractivity contribution in [3.8, 4) is 5.75 Å². The Kier molecular flexibility index (Phi) is 4.94. The molecule has 0 aromatic heterocycles. The maximum atomic E-state index is 12.9. The first-order valence-corrected chi connectivity index (χ1v) is 9.89. The molecule has 3 rings (SSSR count). The Labute approximate surface area is 164 Å². The number of rotatable bonds is 4. The summed E-state index contributed by atoms with van der Waals surface area (Å²) in [5.41, 5.74) is 1.13. The van der Waals surface area contributed by atoms with Crippen molar-refractivity contribution in [2.24, 2.45) is 5.14 Å². The van der Waals surface area contributed by atoms with Crippen LogP contribution in [0.15, 0.2) is 29.2 Å². The van der Waals surface area contributed by atoms with Crippen molar-refractivity contribution in [3.63, 3.8) is 0 Å². The predicted octanol–water partition coefficient (Wildman–Crippen LogP) is 2.57. The Morgan fingerprint density at radius 2 is 1.93 bits per heavy atom. The molecule has 7 nitrogen and oxygen atoms in total. The number of benzene rings is 2. The van der Waals surface area contributed by atoms with E-state index in [0.717, 1.165) is 6.07 Å². The number of ether oxygens (including phenoxy) is 1. The van der Waals surface area contributed by atoms with Crippen molar-refractivity contribution < 1.29 is 27.9 Å². The molecule has 142 valence electrons. The van der Waals surface area contributed by atoms with Crippen LogP contribution < -0.4 is 9.88 Å². The lowest BCUT2D eigenvalue weighted by molar-refractivity contribution is -0.144. The third-order valence-corrected chi connectivity index (χ3v) is 6.08. The first kappa shape index (κ1) is 19.6. The predicted molar refractivity (Wildman–Crippen MR) is 98.2 cm³/mol. The van der Waals surface area contributed by atoms with E-state index in [4.69, 9.17) is 38.2 Å². The van der Waals surface area contributed by atoms with Gasteiger partial charge < -0.3 is 9.84 Å². The van der Waals surface area contributed by atoms with Gasteiger partial charge in [-0.15, -0.1) is 0 Å². The number of hydrogen-bond acceptors (Lipinski definition) is 5. The molecule has 2 aromatic rings. The third-order valence-electron chi connectivity index (χ3n) is 4.23. The number of carbonyl (C=O) groups excluding carboxylic acids is 1. The lowest BCUT2D eigenvalue weighted by atomic mass is 9.95. The normalized spacial score (nSPS) is 15.9. The second kappa shape index (κ2) is 6.79. The molecule has 1 aliphatic rings. The van der Waals surface area contributed by atoms with Crippen LogP contribution in [0.25, 0.3) is 0 Å². The molecule has 0 radical (unpaired) electrons. The van der Waals surface area contributed by atoms with Crippen molar-refractivity contribution in [2.45, 2.75) is 24.3 Å². The zero-order valence-corrected chi connectivity index (χ0v) is 16.2. The topological polar surface area (TPSA) is 124 Å². The first-order valence-electron chi connectivity index (χ1n) is 7.59. The Morgan fingerprint density at radius 1 is 1.26 bits per heavy atom. The number of nitrogens with two attached hydrogens (primary N) is 1. The van der Waals surface area contributed by atoms with Crippen LogP contribution in [0, 0.1) is 6.92 Å². The van der Waals surface area contributed by atoms with Gasteiger partial charge in [-0.3, -0.25) is 4.79 Å². The molecule has 0 saturated heterocycles. The quantitative estimate of drug-likeness (QED) is 0.719. The van der Waals surface area contributed by atoms with Gasteiger partial charge in [-0.05, 0) is 36.8 Å². The summed E-state index contributed by atoms with van der Waals surface area (Å²) < 4.78 is 28.6. The fourth-order valence-corrected chi connectivity index (χ4v) is 4.17. The summed E-state index contributed by atoms with van der Waals surface area (Å²) in [6.07, 6.45) is -1.01. The van der Waals surface area contributed by atoms with E-state index in [1.165, 1.54) is 18.2 Å². The smallest absolute Gasteiger partial charge is 0.345 e. The lowest BCUT2D eigenvalue weighted by Gasteiger charge is -2.12. The van der Waals surface area contributed by atoms with Gasteiger partial charge in [-0.2, -0.15) is 0 Å². The van der Waals surface area contributed by atoms with Gasteiger partial charge >= 0.3 is 5.97 Å². The van der Waals surface area contributed by atoms with E-state index in [9.17, 15) is 18.0 Å². The number of hydrogen-bond donors (Lipinski definition) is 2. The largest absolute Gasteiger partial charge is 0.478 e. The molecule has 3 N–H and O–H groups in total. The fraction of sp³-hybridized carbons (Fsp3) is 0.176. The molecule has 0 fully saturated rings. The van der Waals surface area contributed by atoms with Crippen molar-refractivity contribution in [2.75, 3.05) is 0 Å². The van der Waals surface area contributed by atoms with Crippen LogP contribution in [0.5, 0.6) is 5.75 Å². The minimum atomic E-state index is -4.11. The van der Waals surface area contributed by atoms with E-state index >= 15 is 0 Å². The van der Waals surface area contributed by atoms with Gasteiger partial charge in [0.1, 0.15) is 10.6 Å². The molecular weight excluding hydrogens is 417 g/mol. The van der Waals surface area contributed by atoms with Crippen LogP contribution in [0.2, 0.25) is 10.0 Å². The highest BCUT2D eigenvalue weighted by atomic mass is 35.5. The summed E-state index contributed by atoms with van der Waals surface area (Å²) in [5, 5.41) is 14.3. The summed E-state index contributed by atoms with van der Waals surface area (Å²) in [6.45, 7) is 1.59. The summed E-state index contributed by atoms with van der Waals surface area (Å²) in [4.78, 5) is 23.7. The molecule has 2 aromatic carbocycles. The second-order valence-corrected chi connectivity index (χ2v) is 8.33. The van der Waals surface area contributed by atoms with Crippen LogP contribution in [0.3, 0.4) is 0 Å². The van der Waals surface area contributed by atoms with Gasteiger partial charge in [0, 0.05) is 23.1 Å². The number of carbonyl (C=O) groups is 2. The highest BCUT2D eigenvalue weighted by molar-refractivity contribution is 7.89. The number of carboxylic acids is 1. The summed E-state index contributed by atoms with van der Waals surface area (Å²) in [5.74, 6) is -1.40. The molecule has 0 aliphatic carbocycles. The van der Waals surface area contributed by atoms with Crippen molar-refractivity contribution in [1.29, 1.82) is 0 Å². The van der Waals surface area contributed by atoms with E-state index in [-0.39, 0.29) is 38.2 Å². The van der Waals surface area contributed by atoms with E-state index in [1.807, 2.05) is 0 Å². The van der Waals surface area contributed by atoms with Crippen molar-refractivity contribution in [1.82, 2.24) is 0 Å². The van der Waals surface area contributed by atoms with Gasteiger partial charge in [0.2, 0.25) is 10.0 Å². The lowest BCUT2D eigenvalue weighted by Crippen LogP contribution is -2.24. The Hall–Kier alpha value is -2.13. The van der Waals surface area contributed by atoms with Crippen molar-refractivity contribution >= 4 is 45.0 Å². The molecule has 0 saturated carbocycles. The highest BCUT2D eigenvalue weighted by Crippen LogP contribution is 2.40. The SMILES string of the molecule is Cc1c(C(=O)c2ccc(Cl)c(S(N)(=O)=O)c2)cc2c(c1Cl)OC(C(=O)O)C2. The Bertz CT molecular complexity index is 1100. The van der Waals surface area contributed by atoms with Crippen LogP contribution in [0.4, 0.5) is 0 Å². The number of sulfonamides is 1. The summed E-state index contributed by atoms with van der Waals surface area (Å²) >= 11 is 12.1. The minimum absolute atomic E-state index is 0.0521. The highest BCUT2D eigenvalue weighted by Gasteiger charge is 2.33. The number of fused-ring (bicyclic) bond motifs is 1. The van der Waals surface area contributed by atoms with Crippen LogP contribution in [-0.4, -0.2) is 31.4 Å². The fourth-order valence-electron chi connectivity index (χ4n) is 2.83. The van der Waals surface area contributed by atoms with E-state index < -0.39 is 27.9 Å². The number of primary sulfonamides is 1. The maximum absolute atomic E-state index is 12.9. The molecule has 0 bridgehead atoms. The molecule has 1 atom stereocenters. The molecule has 10 heteroatoms. The number of halogens is 2. The second-order valence-electron chi connectivity index (χ2n) is 6.02. The molecule has 27 heavy (non-hydrogen) atoms. The average molecular weight is 430 g/mol. The van der Waals surface area contributed by atoms with E-state index in [0.29, 0.717) is 11.1 Å². The summed E-state index contributed by atoms with van der Waals surface area (Å²) in [6, 6.07) is 5.24. The van der Waals surface area contributed by atoms with E-state index in [2.05, 4.69) is 0 Å². The zero-order valence-electron chi connectivity index (χ0n) is 13.8. The molecule has 1 unspecified atom stereocenters. The van der Waals surface area contributed by atoms with Gasteiger partial charge in [-0.25, -0.2) is 18.4 Å². The standard InChI is InChI=1S/C17H13Cl2NO6S/c1-7-10(4-9-5-12(17(22)23)26-16(9)14(7)19)15(21)8-2-3-11(18)13(6-8)27(20,24)25/h2-4,6,12H,5H2,1H3,(H,22,23)(H2,20,24,25). The Morgan fingerprint density at radius 3 is 2.52 bits per heavy atom. The van der Waals surface area contributed by atoms with E-state index in [1.54, 1.807) is 6.92 Å². The van der Waals surface area contributed by atoms with Crippen molar-refractivity contribution in [3.05, 3.63) is 56.6 Å². The van der Waals surface area contributed by atoms with Crippen LogP contribution >= 0.6 is 23.2 Å². The maximum Gasteiger partial charge on any atom is 0.345 e. The Balaban J connectivity index is 2.09. The number of aliphatic carboxylic acids is 1. The zero-order chi connectivity index (χ0) is 20.1. The van der Waals surface area contributed by atoms with Crippen LogP contribution in [0.1, 0.15) is 27.0 Å². The number of ketones is 1. The van der Waals surface area contributed by atoms with Gasteiger partial charge in [0.15, 0.2) is 11.9 Å². The minimum Gasteiger partial charge on any atom is -0.478 e. The molecule has 1 aliphatic heterocycles. The van der Waals surface area contributed by atoms with Gasteiger partial charge in [0.05, 0.1) is 10.0 Å². The monoisotopic (exact) mass is 429 g/mol.